The highest BCUT2D eigenvalue weighted by Crippen LogP contribution is 2.48. The second-order valence-electron chi connectivity index (χ2n) is 26.2. The largest absolute Gasteiger partial charge is 0.436 e. The number of rotatable bonds is 12. The number of hydrogen-bond donors (Lipinski definition) is 0. The Bertz CT molecular complexity index is 6940. The van der Waals surface area contributed by atoms with Crippen LogP contribution in [-0.2, 0) is 0 Å². The molecular weight excluding hydrogens is 1330 g/mol. The fraction of sp³-hybridized carbons (Fsp3) is 0. The van der Waals surface area contributed by atoms with Gasteiger partial charge in [0.1, 0.15) is 11.0 Å². The number of aromatic nitrogens is 9. The first-order chi connectivity index (χ1) is 52.0. The summed E-state index contributed by atoms with van der Waals surface area (Å²) in [6.07, 6.45) is 0. The van der Waals surface area contributed by atoms with E-state index in [1.165, 1.54) is 4.70 Å². The maximum atomic E-state index is 6.30. The lowest BCUT2D eigenvalue weighted by Gasteiger charge is -2.13. The molecule has 0 spiro atoms. The van der Waals surface area contributed by atoms with Crippen LogP contribution in [0, 0.1) is 0 Å². The Labute approximate surface area is 608 Å². The van der Waals surface area contributed by atoms with Crippen molar-refractivity contribution in [1.29, 1.82) is 0 Å². The highest BCUT2D eigenvalue weighted by atomic mass is 32.1. The molecule has 0 unspecified atom stereocenters. The lowest BCUT2D eigenvalue weighted by Crippen LogP contribution is -2.06. The Hall–Kier alpha value is -13.7. The third-order valence-corrected chi connectivity index (χ3v) is 22.2. The van der Waals surface area contributed by atoms with Gasteiger partial charge < -0.3 is 8.83 Å². The normalized spacial score (nSPS) is 11.8. The van der Waals surface area contributed by atoms with Crippen molar-refractivity contribution >= 4 is 107 Å². The summed E-state index contributed by atoms with van der Waals surface area (Å²) in [7, 11) is 0. The smallest absolute Gasteiger partial charge is 0.238 e. The van der Waals surface area contributed by atoms with Gasteiger partial charge in [0, 0.05) is 90.1 Å². The second-order valence-corrected chi connectivity index (χ2v) is 28.3. The third kappa shape index (κ3) is 10.5. The first kappa shape index (κ1) is 60.1. The van der Waals surface area contributed by atoms with E-state index in [-0.39, 0.29) is 0 Å². The van der Waals surface area contributed by atoms with Crippen molar-refractivity contribution in [1.82, 2.24) is 44.4 Å². The van der Waals surface area contributed by atoms with Gasteiger partial charge in [0.2, 0.25) is 17.7 Å². The molecule has 0 aliphatic carbocycles. The molecule has 105 heavy (non-hydrogen) atoms. The molecule has 13 heteroatoms. The van der Waals surface area contributed by atoms with Crippen molar-refractivity contribution in [2.45, 2.75) is 0 Å². The minimum atomic E-state index is 0.536. The van der Waals surface area contributed by atoms with Gasteiger partial charge in [-0.1, -0.05) is 218 Å². The van der Waals surface area contributed by atoms with E-state index in [0.717, 1.165) is 163 Å². The Morgan fingerprint density at radius 3 is 1.28 bits per heavy atom. The molecule has 0 saturated heterocycles. The van der Waals surface area contributed by atoms with E-state index >= 15 is 0 Å². The van der Waals surface area contributed by atoms with Crippen molar-refractivity contribution in [3.63, 3.8) is 0 Å². The number of nitrogens with zero attached hydrogens (tertiary/aromatic N) is 9. The van der Waals surface area contributed by atoms with Crippen LogP contribution < -0.4 is 0 Å². The van der Waals surface area contributed by atoms with Crippen LogP contribution in [0.5, 0.6) is 0 Å². The van der Waals surface area contributed by atoms with Gasteiger partial charge in [0.05, 0.1) is 11.0 Å². The van der Waals surface area contributed by atoms with E-state index in [1.54, 1.807) is 22.7 Å². The van der Waals surface area contributed by atoms with Crippen LogP contribution in [-0.4, -0.2) is 44.4 Å². The molecule has 0 aliphatic heterocycles. The zero-order valence-electron chi connectivity index (χ0n) is 55.8. The van der Waals surface area contributed by atoms with E-state index in [9.17, 15) is 0 Å². The second kappa shape index (κ2) is 24.5. The Morgan fingerprint density at radius 1 is 0.238 bits per heavy atom. The number of para-hydroxylation sites is 6. The number of hydrogen-bond acceptors (Lipinski definition) is 12. The van der Waals surface area contributed by atoms with E-state index in [1.807, 2.05) is 91.0 Å². The molecule has 0 radical (unpaired) electrons. The molecule has 0 fully saturated rings. The van der Waals surface area contributed by atoms with Crippen molar-refractivity contribution in [2.75, 3.05) is 0 Å². The van der Waals surface area contributed by atoms with Gasteiger partial charge in [-0.25, -0.2) is 29.9 Å². The Balaban J connectivity index is 0.676. The van der Waals surface area contributed by atoms with E-state index in [2.05, 4.69) is 235 Å². The lowest BCUT2D eigenvalue weighted by molar-refractivity contribution is 0.619. The average molecular weight is 1380 g/mol. The molecule has 7 heterocycles. The van der Waals surface area contributed by atoms with E-state index in [0.29, 0.717) is 46.9 Å². The summed E-state index contributed by atoms with van der Waals surface area (Å²) in [4.78, 5) is 41.9. The average Bonchev–Trinajstić information content (AvgIpc) is 1.63. The van der Waals surface area contributed by atoms with Crippen LogP contribution in [0.25, 0.3) is 215 Å². The minimum Gasteiger partial charge on any atom is -0.436 e. The molecule has 21 rings (SSSR count). The summed E-state index contributed by atoms with van der Waals surface area (Å²) in [5.74, 6) is 4.62. The highest BCUT2D eigenvalue weighted by molar-refractivity contribution is 7.26. The molecule has 21 aromatic rings. The molecule has 0 amide bonds. The molecule has 0 aliphatic rings. The molecule has 0 saturated carbocycles. The third-order valence-electron chi connectivity index (χ3n) is 19.8. The van der Waals surface area contributed by atoms with Crippen LogP contribution in [0.15, 0.2) is 330 Å². The molecule has 11 nitrogen and oxygen atoms in total. The monoisotopic (exact) mass is 1380 g/mol. The van der Waals surface area contributed by atoms with Crippen LogP contribution in [0.4, 0.5) is 0 Å². The molecule has 490 valence electrons. The van der Waals surface area contributed by atoms with Crippen LogP contribution in [0.1, 0.15) is 0 Å². The van der Waals surface area contributed by atoms with E-state index in [4.69, 9.17) is 48.7 Å². The highest BCUT2D eigenvalue weighted by Gasteiger charge is 2.25. The maximum absolute atomic E-state index is 6.30. The van der Waals surface area contributed by atoms with Gasteiger partial charge in [-0.3, -0.25) is 4.57 Å². The summed E-state index contributed by atoms with van der Waals surface area (Å²) in [6.45, 7) is 0. The van der Waals surface area contributed by atoms with Crippen molar-refractivity contribution in [2.24, 2.45) is 0 Å². The van der Waals surface area contributed by atoms with Gasteiger partial charge >= 0.3 is 0 Å². The maximum Gasteiger partial charge on any atom is 0.238 e. The predicted octanol–water partition coefficient (Wildman–Crippen LogP) is 24.5. The van der Waals surface area contributed by atoms with Crippen molar-refractivity contribution in [3.8, 4) is 130 Å². The van der Waals surface area contributed by atoms with Crippen LogP contribution >= 0.6 is 22.7 Å². The van der Waals surface area contributed by atoms with Gasteiger partial charge in [-0.15, -0.1) is 22.7 Å². The molecule has 0 atom stereocenters. The summed E-state index contributed by atoms with van der Waals surface area (Å²) in [6, 6.07) is 112. The predicted molar refractivity (Wildman–Crippen MR) is 428 cm³/mol. The zero-order chi connectivity index (χ0) is 69.1. The number of oxazole rings is 2. The van der Waals surface area contributed by atoms with Crippen LogP contribution in [0.3, 0.4) is 0 Å². The van der Waals surface area contributed by atoms with E-state index < -0.39 is 0 Å². The van der Waals surface area contributed by atoms with Crippen molar-refractivity contribution in [3.05, 3.63) is 322 Å². The fourth-order valence-corrected chi connectivity index (χ4v) is 17.1. The first-order valence-electron chi connectivity index (χ1n) is 34.7. The fourth-order valence-electron chi connectivity index (χ4n) is 14.8. The summed E-state index contributed by atoms with van der Waals surface area (Å²) >= 11 is 3.55. The summed E-state index contributed by atoms with van der Waals surface area (Å²) in [5, 5.41) is 6.62. The Morgan fingerprint density at radius 2 is 0.657 bits per heavy atom. The first-order valence-corrected chi connectivity index (χ1v) is 36.3. The Kier molecular flexibility index (Phi) is 14.0. The van der Waals surface area contributed by atoms with Gasteiger partial charge in [-0.2, -0.15) is 9.97 Å². The van der Waals surface area contributed by atoms with Gasteiger partial charge in [0.25, 0.3) is 0 Å². The van der Waals surface area contributed by atoms with Crippen molar-refractivity contribution < 1.29 is 8.83 Å². The summed E-state index contributed by atoms with van der Waals surface area (Å²) in [5.41, 5.74) is 20.0. The molecular formula is C92H53N9O2S2. The zero-order valence-corrected chi connectivity index (χ0v) is 57.4. The number of thiophene rings is 2. The topological polar surface area (TPSA) is 134 Å². The molecule has 0 bridgehead atoms. The molecule has 0 N–H and O–H groups in total. The molecule has 14 aromatic carbocycles. The standard InChI is InChI=1S/C92H53N9O2S2/c1-3-19-56(20-4-1)85-95-87(98-88(96-85)69-31-18-38-81-82(69)71-52-61(43-47-79(71)104-81)59-24-16-27-64(50-59)90-93-73-32-9-13-36-77(73)102-90)63-26-15-23-58(49-63)54-39-41-55(42-40-54)66-45-46-70(83-72-53-62(44-48-80(72)105-84(66)83)60-25-17-28-65(51-60)91-94-74-33-10-14-37-78(74)103-91)89-97-86(57-21-5-2-6-22-57)99-92(100-89)101-75-34-11-7-29-67(75)68-30-8-12-35-76(68)101/h1-53H. The lowest BCUT2D eigenvalue weighted by atomic mass is 9.95. The summed E-state index contributed by atoms with van der Waals surface area (Å²) < 4.78 is 19.3. The SMILES string of the molecule is c1ccc(-c2nc(-c3cccc(-c4ccc(-c5ccc(-c6nc(-c7ccccc7)nc(-n7c8ccccc8c8ccccc87)n6)c6c5sc5ccc(-c7cccc(-c8nc9ccccc9o8)c7)cc56)cc4)c3)nc(-c3cccc4sc5ccc(-c6cccc(-c7nc8ccccc8o7)c6)cc5c34)n2)cc1. The quantitative estimate of drug-likeness (QED) is 0.116. The van der Waals surface area contributed by atoms with Gasteiger partial charge in [-0.05, 0) is 148 Å². The van der Waals surface area contributed by atoms with Gasteiger partial charge in [0.15, 0.2) is 40.3 Å². The number of benzene rings is 14. The van der Waals surface area contributed by atoms with Crippen LogP contribution in [0.2, 0.25) is 0 Å². The minimum absolute atomic E-state index is 0.536. The molecule has 7 aromatic heterocycles. The number of fused-ring (bicyclic) bond motifs is 11.